The number of ether oxygens (including phenoxy) is 4. The van der Waals surface area contributed by atoms with Crippen molar-refractivity contribution in [3.05, 3.63) is 95.1 Å². The van der Waals surface area contributed by atoms with Gasteiger partial charge in [-0.2, -0.15) is 0 Å². The summed E-state index contributed by atoms with van der Waals surface area (Å²) in [6, 6.07) is 21.9. The quantitative estimate of drug-likeness (QED) is 0.0730. The van der Waals surface area contributed by atoms with Crippen LogP contribution in [0.4, 0.5) is 11.4 Å². The minimum Gasteiger partial charge on any atom is -0.508 e. The van der Waals surface area contributed by atoms with Crippen molar-refractivity contribution in [3.8, 4) is 34.5 Å². The number of phenols is 2. The van der Waals surface area contributed by atoms with Gasteiger partial charge in [0.15, 0.2) is 13.2 Å². The number of aromatic hydroxyl groups is 2. The normalized spacial score (nSPS) is 14.4. The average Bonchev–Trinajstić information content (AvgIpc) is 3.15. The smallest absolute Gasteiger partial charge is 0.262 e. The number of amides is 2. The second-order valence-corrected chi connectivity index (χ2v) is 16.0. The molecule has 0 spiro atoms. The molecule has 2 aliphatic heterocycles. The summed E-state index contributed by atoms with van der Waals surface area (Å²) in [6.45, 7) is 8.47. The Bertz CT molecular complexity index is 1830. The van der Waals surface area contributed by atoms with Crippen molar-refractivity contribution in [2.24, 2.45) is 10.8 Å². The molecule has 0 aromatic heterocycles. The van der Waals surface area contributed by atoms with Crippen LogP contribution in [0.15, 0.2) is 72.8 Å². The lowest BCUT2D eigenvalue weighted by Crippen LogP contribution is -2.26. The number of nitrogens with one attached hydrogen (secondary N) is 2. The molecule has 0 saturated heterocycles. The third-order valence-corrected chi connectivity index (χ3v) is 10.0. The molecule has 0 unspecified atom stereocenters. The number of benzene rings is 4. The van der Waals surface area contributed by atoms with E-state index in [1.165, 1.54) is 35.4 Å². The van der Waals surface area contributed by atoms with Crippen molar-refractivity contribution in [3.63, 3.8) is 0 Å². The van der Waals surface area contributed by atoms with Crippen molar-refractivity contribution < 1.29 is 49.0 Å². The molecule has 4 aromatic rings. The fourth-order valence-electron chi connectivity index (χ4n) is 7.06. The first-order valence-electron chi connectivity index (χ1n) is 18.8. The molecule has 57 heavy (non-hydrogen) atoms. The van der Waals surface area contributed by atoms with E-state index in [-0.39, 0.29) is 54.8 Å². The van der Waals surface area contributed by atoms with Gasteiger partial charge in [0.2, 0.25) is 0 Å². The number of aliphatic hydroxyl groups is 2. The van der Waals surface area contributed by atoms with Gasteiger partial charge in [-0.15, -0.1) is 0 Å². The molecular formula is C45H58N2O10. The Labute approximate surface area is 335 Å². The molecule has 0 saturated carbocycles. The summed E-state index contributed by atoms with van der Waals surface area (Å²) in [4.78, 5) is 23.0. The lowest BCUT2D eigenvalue weighted by molar-refractivity contribution is -0.119. The van der Waals surface area contributed by atoms with Crippen LogP contribution in [0.1, 0.15) is 95.3 Å². The molecule has 2 atom stereocenters. The van der Waals surface area contributed by atoms with Gasteiger partial charge >= 0.3 is 0 Å². The van der Waals surface area contributed by atoms with Crippen LogP contribution in [-0.2, 0) is 22.4 Å². The lowest BCUT2D eigenvalue weighted by atomic mass is 9.80. The zero-order valence-electron chi connectivity index (χ0n) is 33.0. The molecule has 6 N–H and O–H groups in total. The molecule has 0 radical (unpaired) electrons. The van der Waals surface area contributed by atoms with Crippen molar-refractivity contribution in [1.82, 2.24) is 0 Å². The molecule has 2 amide bonds. The summed E-state index contributed by atoms with van der Waals surface area (Å²) in [6.07, 6.45) is 2.71. The number of hydrogen-bond acceptors (Lipinski definition) is 10. The van der Waals surface area contributed by atoms with Gasteiger partial charge in [-0.3, -0.25) is 9.59 Å². The van der Waals surface area contributed by atoms with Crippen LogP contribution in [0.2, 0.25) is 0 Å². The minimum atomic E-state index is -0.800. The van der Waals surface area contributed by atoms with Crippen molar-refractivity contribution in [2.75, 3.05) is 38.1 Å². The number of fused-ring (bicyclic) bond motifs is 2. The second-order valence-electron chi connectivity index (χ2n) is 16.0. The van der Waals surface area contributed by atoms with Crippen LogP contribution >= 0.6 is 0 Å². The minimum absolute atomic E-state index is 0. The Balaban J connectivity index is 0.000000248. The van der Waals surface area contributed by atoms with Gasteiger partial charge in [0.25, 0.3) is 11.8 Å². The zero-order valence-corrected chi connectivity index (χ0v) is 33.0. The molecule has 0 bridgehead atoms. The van der Waals surface area contributed by atoms with E-state index in [9.17, 15) is 30.0 Å². The maximum atomic E-state index is 11.5. The summed E-state index contributed by atoms with van der Waals surface area (Å²) >= 11 is 0. The Morgan fingerprint density at radius 2 is 0.982 bits per heavy atom. The molecule has 4 aromatic carbocycles. The van der Waals surface area contributed by atoms with Crippen LogP contribution in [0.3, 0.4) is 0 Å². The van der Waals surface area contributed by atoms with Gasteiger partial charge < -0.3 is 50.0 Å². The summed E-state index contributed by atoms with van der Waals surface area (Å²) in [5, 5.41) is 46.7. The van der Waals surface area contributed by atoms with Gasteiger partial charge in [-0.25, -0.2) is 0 Å². The van der Waals surface area contributed by atoms with E-state index in [0.29, 0.717) is 46.8 Å². The van der Waals surface area contributed by atoms with Crippen LogP contribution in [0, 0.1) is 10.8 Å². The number of rotatable bonds is 14. The van der Waals surface area contributed by atoms with Crippen molar-refractivity contribution in [1.29, 1.82) is 0 Å². The summed E-state index contributed by atoms with van der Waals surface area (Å²) in [5.41, 5.74) is 4.14. The van der Waals surface area contributed by atoms with E-state index < -0.39 is 12.2 Å². The summed E-state index contributed by atoms with van der Waals surface area (Å²) < 4.78 is 21.4. The molecular weight excluding hydrogens is 728 g/mol. The van der Waals surface area contributed by atoms with Crippen molar-refractivity contribution >= 4 is 23.2 Å². The number of carbonyl (C=O) groups excluding carboxylic acids is 2. The molecule has 6 rings (SSSR count). The fraction of sp³-hybridized carbons (Fsp3) is 0.422. The third-order valence-electron chi connectivity index (χ3n) is 10.0. The highest BCUT2D eigenvalue weighted by Crippen LogP contribution is 2.43. The number of carbonyl (C=O) groups is 2. The maximum absolute atomic E-state index is 11.5. The standard InChI is InChI=1S/2C22H27NO5.CH4/c2*1-22(2,12-14-4-6-16(27-3)7-5-14)9-8-19(25)17-10-15(24)11-18-21(17)28-13-20(26)23-18;/h2*4-7,10-11,19,24-25H,8-9,12-13H2,1-3H3,(H,23,26);1H4/t2*19-;/m00./s1. The van der Waals surface area contributed by atoms with Gasteiger partial charge in [0, 0.05) is 23.3 Å². The monoisotopic (exact) mass is 786 g/mol. The van der Waals surface area contributed by atoms with Gasteiger partial charge in [-0.1, -0.05) is 59.4 Å². The summed E-state index contributed by atoms with van der Waals surface area (Å²) in [7, 11) is 3.30. The van der Waals surface area contributed by atoms with Crippen molar-refractivity contribution in [2.45, 2.75) is 85.9 Å². The lowest BCUT2D eigenvalue weighted by Gasteiger charge is -2.28. The SMILES string of the molecule is C.COc1ccc(CC(C)(C)CC[C@H](O)c2cc(O)cc3c2OCC(=O)N3)cc1.COc1ccc(CC(C)(C)CC[C@H](O)c2cc(O)cc3c2OCC(=O)N3)cc1. The molecule has 0 fully saturated rings. The molecule has 308 valence electrons. The molecule has 12 nitrogen and oxygen atoms in total. The number of anilines is 2. The first-order valence-corrected chi connectivity index (χ1v) is 18.8. The average molecular weight is 787 g/mol. The van der Waals surface area contributed by atoms with E-state index in [1.807, 2.05) is 24.3 Å². The third kappa shape index (κ3) is 12.3. The number of aliphatic hydroxyl groups excluding tert-OH is 2. The fourth-order valence-corrected chi connectivity index (χ4v) is 7.06. The molecule has 2 aliphatic rings. The molecule has 0 aliphatic carbocycles. The van der Waals surface area contributed by atoms with Crippen LogP contribution in [0.5, 0.6) is 34.5 Å². The number of methoxy groups -OCH3 is 2. The highest BCUT2D eigenvalue weighted by atomic mass is 16.5. The first kappa shape index (κ1) is 44.3. The number of phenolic OH excluding ortho intramolecular Hbond substituents is 2. The number of hydrogen-bond donors (Lipinski definition) is 6. The Kier molecular flexibility index (Phi) is 14.8. The Morgan fingerprint density at radius 3 is 1.32 bits per heavy atom. The van der Waals surface area contributed by atoms with Gasteiger partial charge in [0.05, 0.1) is 37.8 Å². The molecule has 2 heterocycles. The topological polar surface area (TPSA) is 176 Å². The summed E-state index contributed by atoms with van der Waals surface area (Å²) in [5.74, 6) is 1.93. The second kappa shape index (κ2) is 19.1. The van der Waals surface area contributed by atoms with Gasteiger partial charge in [0.1, 0.15) is 34.5 Å². The van der Waals surface area contributed by atoms with Crippen LogP contribution in [0.25, 0.3) is 0 Å². The maximum Gasteiger partial charge on any atom is 0.262 e. The van der Waals surface area contributed by atoms with E-state index in [2.05, 4.69) is 62.6 Å². The first-order chi connectivity index (χ1) is 26.5. The zero-order chi connectivity index (χ0) is 40.6. The van der Waals surface area contributed by atoms with E-state index in [0.717, 1.165) is 37.2 Å². The predicted molar refractivity (Wildman–Crippen MR) is 221 cm³/mol. The van der Waals surface area contributed by atoms with E-state index >= 15 is 0 Å². The van der Waals surface area contributed by atoms with E-state index in [4.69, 9.17) is 18.9 Å². The van der Waals surface area contributed by atoms with Gasteiger partial charge in [-0.05, 0) is 96.9 Å². The highest BCUT2D eigenvalue weighted by Gasteiger charge is 2.28. The van der Waals surface area contributed by atoms with E-state index in [1.54, 1.807) is 14.2 Å². The molecule has 12 heteroatoms. The highest BCUT2D eigenvalue weighted by molar-refractivity contribution is 5.96. The Morgan fingerprint density at radius 1 is 0.632 bits per heavy atom. The van der Waals surface area contributed by atoms with Crippen LogP contribution in [-0.4, -0.2) is 59.7 Å². The van der Waals surface area contributed by atoms with Crippen LogP contribution < -0.4 is 29.6 Å². The Hall–Kier alpha value is -5.46. The predicted octanol–water partition coefficient (Wildman–Crippen LogP) is 8.26. The largest absolute Gasteiger partial charge is 0.508 e.